The second kappa shape index (κ2) is 10.0. The molecular weight excluding hydrogens is 667 g/mol. The Bertz CT molecular complexity index is 3040. The van der Waals surface area contributed by atoms with Gasteiger partial charge in [0.2, 0.25) is 0 Å². The molecule has 0 radical (unpaired) electrons. The molecule has 0 bridgehead atoms. The van der Waals surface area contributed by atoms with E-state index in [1.807, 2.05) is 0 Å². The summed E-state index contributed by atoms with van der Waals surface area (Å²) in [6.07, 6.45) is 0. The van der Waals surface area contributed by atoms with Crippen LogP contribution in [0.25, 0.3) is 0 Å². The summed E-state index contributed by atoms with van der Waals surface area (Å²) in [6, 6.07) is 63.1. The summed E-state index contributed by atoms with van der Waals surface area (Å²) in [5.41, 5.74) is 23.2. The molecule has 55 heavy (non-hydrogen) atoms. The summed E-state index contributed by atoms with van der Waals surface area (Å²) >= 11 is 0. The van der Waals surface area contributed by atoms with Crippen LogP contribution in [0.1, 0.15) is 0 Å². The molecule has 6 heterocycles. The third-order valence-corrected chi connectivity index (χ3v) is 13.1. The molecule has 4 nitrogen and oxygen atoms in total. The Balaban J connectivity index is 1.07. The largest absolute Gasteiger partial charge is 0.458 e. The van der Waals surface area contributed by atoms with Crippen LogP contribution in [0.4, 0.5) is 51.2 Å². The highest BCUT2D eigenvalue weighted by molar-refractivity contribution is 7.06. The Kier molecular flexibility index (Phi) is 5.21. The lowest BCUT2D eigenvalue weighted by Crippen LogP contribution is -2.70. The van der Waals surface area contributed by atoms with Crippen LogP contribution in [0.5, 0.6) is 11.5 Å². The first-order valence-corrected chi connectivity index (χ1v) is 19.3. The number of rotatable bonds is 1. The highest BCUT2D eigenvalue weighted by Gasteiger charge is 2.52. The number of ether oxygens (including phenoxy) is 1. The summed E-state index contributed by atoms with van der Waals surface area (Å²) < 4.78 is 6.65. The second-order valence-corrected chi connectivity index (χ2v) is 15.5. The van der Waals surface area contributed by atoms with E-state index in [2.05, 4.69) is 185 Å². The molecule has 250 valence electrons. The van der Waals surface area contributed by atoms with E-state index < -0.39 is 0 Å². The van der Waals surface area contributed by atoms with E-state index in [-0.39, 0.29) is 20.1 Å². The van der Waals surface area contributed by atoms with Crippen molar-refractivity contribution in [1.29, 1.82) is 0 Å². The molecule has 0 N–H and O–H groups in total. The SMILES string of the molecule is c1ccc(N2c3ccccc3B3c4cccc5c4N(c4cccc2c43)c2cccc3c2B5c2cccc4c2N3c2cccc3c2B4c2ccccc2O3)cc1. The molecule has 0 saturated carbocycles. The van der Waals surface area contributed by atoms with Crippen molar-refractivity contribution in [3.63, 3.8) is 0 Å². The number of hydrogen-bond donors (Lipinski definition) is 0. The van der Waals surface area contributed by atoms with Gasteiger partial charge in [-0.15, -0.1) is 0 Å². The van der Waals surface area contributed by atoms with E-state index in [0.29, 0.717) is 0 Å². The first kappa shape index (κ1) is 28.6. The molecule has 0 atom stereocenters. The zero-order valence-electron chi connectivity index (χ0n) is 29.6. The Morgan fingerprint density at radius 1 is 0.291 bits per heavy atom. The Labute approximate surface area is 320 Å². The molecule has 14 rings (SSSR count). The van der Waals surface area contributed by atoms with Crippen LogP contribution < -0.4 is 68.6 Å². The highest BCUT2D eigenvalue weighted by Crippen LogP contribution is 2.48. The first-order valence-electron chi connectivity index (χ1n) is 19.3. The van der Waals surface area contributed by atoms with Crippen molar-refractivity contribution in [3.8, 4) is 11.5 Å². The van der Waals surface area contributed by atoms with Gasteiger partial charge in [0.05, 0.1) is 0 Å². The smallest absolute Gasteiger partial charge is 0.256 e. The minimum absolute atomic E-state index is 0.0767. The van der Waals surface area contributed by atoms with Crippen LogP contribution in [-0.4, -0.2) is 20.1 Å². The number of nitrogens with zero attached hydrogens (tertiary/aromatic N) is 3. The van der Waals surface area contributed by atoms with Crippen LogP contribution in [-0.2, 0) is 0 Å². The van der Waals surface area contributed by atoms with Crippen molar-refractivity contribution in [3.05, 3.63) is 170 Å². The van der Waals surface area contributed by atoms with Crippen LogP contribution in [0, 0.1) is 0 Å². The van der Waals surface area contributed by atoms with Crippen molar-refractivity contribution in [2.24, 2.45) is 0 Å². The maximum absolute atomic E-state index is 6.65. The van der Waals surface area contributed by atoms with Gasteiger partial charge in [-0.1, -0.05) is 109 Å². The summed E-state index contributed by atoms with van der Waals surface area (Å²) in [6.45, 7) is 0.272. The van der Waals surface area contributed by atoms with E-state index in [4.69, 9.17) is 4.74 Å². The molecule has 0 unspecified atom stereocenters. The van der Waals surface area contributed by atoms with Crippen molar-refractivity contribution < 1.29 is 4.74 Å². The standard InChI is InChI=1S/C48H28B3N3O/c1-2-13-29(14-3-1)52-36-21-6-4-15-30(36)49-32-17-8-19-34-47(32)53(38-23-10-22-37(52)44(38)49)39-24-11-25-40-45(39)51(34)35-20-9-18-33-48(35)54(40)41-26-12-28-43-46(41)50(33)31-16-5-7-27-42(31)55-43/h1-28H. The predicted octanol–water partition coefficient (Wildman–Crippen LogP) is 5.32. The zero-order valence-corrected chi connectivity index (χ0v) is 29.6. The van der Waals surface area contributed by atoms with E-state index in [9.17, 15) is 0 Å². The molecule has 0 amide bonds. The van der Waals surface area contributed by atoms with Crippen LogP contribution in [0.3, 0.4) is 0 Å². The van der Waals surface area contributed by atoms with Gasteiger partial charge >= 0.3 is 0 Å². The molecular formula is C48H28B3N3O. The fourth-order valence-corrected chi connectivity index (χ4v) is 11.2. The van der Waals surface area contributed by atoms with Gasteiger partial charge < -0.3 is 19.4 Å². The van der Waals surface area contributed by atoms with Gasteiger partial charge in [0.25, 0.3) is 20.1 Å². The molecule has 0 aromatic heterocycles. The van der Waals surface area contributed by atoms with E-state index >= 15 is 0 Å². The molecule has 0 aliphatic carbocycles. The third-order valence-electron chi connectivity index (χ3n) is 13.1. The van der Waals surface area contributed by atoms with Crippen LogP contribution in [0.15, 0.2) is 170 Å². The van der Waals surface area contributed by atoms with Crippen molar-refractivity contribution >= 4 is 120 Å². The zero-order chi connectivity index (χ0) is 35.5. The van der Waals surface area contributed by atoms with Crippen molar-refractivity contribution in [2.75, 3.05) is 14.7 Å². The molecule has 6 aliphatic heterocycles. The molecule has 6 aliphatic rings. The Hall–Kier alpha value is -6.85. The minimum Gasteiger partial charge on any atom is -0.458 e. The van der Waals surface area contributed by atoms with Gasteiger partial charge in [-0.25, -0.2) is 0 Å². The summed E-state index contributed by atoms with van der Waals surface area (Å²) in [5.74, 6) is 1.89. The fraction of sp³-hybridized carbons (Fsp3) is 0. The maximum Gasteiger partial charge on any atom is 0.256 e. The average molecular weight is 695 g/mol. The van der Waals surface area contributed by atoms with E-state index in [1.54, 1.807) is 0 Å². The minimum atomic E-state index is 0.0767. The summed E-state index contributed by atoms with van der Waals surface area (Å²) in [5, 5.41) is 0. The highest BCUT2D eigenvalue weighted by atomic mass is 16.5. The van der Waals surface area contributed by atoms with Gasteiger partial charge in [-0.05, 0) is 110 Å². The number of para-hydroxylation sites is 5. The predicted molar refractivity (Wildman–Crippen MR) is 231 cm³/mol. The number of hydrogen-bond acceptors (Lipinski definition) is 4. The van der Waals surface area contributed by atoms with Gasteiger partial charge in [-0.2, -0.15) is 0 Å². The summed E-state index contributed by atoms with van der Waals surface area (Å²) in [7, 11) is 0. The lowest BCUT2D eigenvalue weighted by Gasteiger charge is -2.51. The average Bonchev–Trinajstić information content (AvgIpc) is 3.24. The number of anilines is 9. The fourth-order valence-electron chi connectivity index (χ4n) is 11.2. The lowest BCUT2D eigenvalue weighted by atomic mass is 9.27. The van der Waals surface area contributed by atoms with Crippen molar-refractivity contribution in [2.45, 2.75) is 0 Å². The molecule has 0 spiro atoms. The van der Waals surface area contributed by atoms with Gasteiger partial charge in [0.15, 0.2) is 0 Å². The van der Waals surface area contributed by atoms with Crippen molar-refractivity contribution in [1.82, 2.24) is 0 Å². The molecule has 7 heteroatoms. The topological polar surface area (TPSA) is 19.0 Å². The number of fused-ring (bicyclic) bond motifs is 12. The monoisotopic (exact) mass is 695 g/mol. The third kappa shape index (κ3) is 3.36. The second-order valence-electron chi connectivity index (χ2n) is 15.5. The quantitative estimate of drug-likeness (QED) is 0.217. The van der Waals surface area contributed by atoms with Crippen LogP contribution >= 0.6 is 0 Å². The first-order chi connectivity index (χ1) is 27.3. The van der Waals surface area contributed by atoms with Gasteiger partial charge in [0, 0.05) is 51.2 Å². The molecule has 8 aromatic carbocycles. The lowest BCUT2D eigenvalue weighted by molar-refractivity contribution is 0.487. The van der Waals surface area contributed by atoms with Gasteiger partial charge in [-0.3, -0.25) is 0 Å². The van der Waals surface area contributed by atoms with Crippen LogP contribution in [0.2, 0.25) is 0 Å². The molecule has 0 saturated heterocycles. The molecule has 8 aromatic rings. The van der Waals surface area contributed by atoms with E-state index in [1.165, 1.54) is 100 Å². The number of benzene rings is 8. The Morgan fingerprint density at radius 3 is 1.33 bits per heavy atom. The maximum atomic E-state index is 6.65. The molecule has 0 fully saturated rings. The summed E-state index contributed by atoms with van der Waals surface area (Å²) in [4.78, 5) is 7.63. The normalized spacial score (nSPS) is 14.8. The van der Waals surface area contributed by atoms with Gasteiger partial charge in [0.1, 0.15) is 11.5 Å². The Morgan fingerprint density at radius 2 is 0.691 bits per heavy atom. The van der Waals surface area contributed by atoms with E-state index in [0.717, 1.165) is 11.5 Å².